The van der Waals surface area contributed by atoms with Crippen LogP contribution in [-0.4, -0.2) is 48.1 Å². The number of carbonyl (C=O) groups excluding carboxylic acids is 1. The maximum atomic E-state index is 11.9. The smallest absolute Gasteiger partial charge is 0.305 e. The highest BCUT2D eigenvalue weighted by Crippen LogP contribution is 2.17. The summed E-state index contributed by atoms with van der Waals surface area (Å²) in [5.74, 6) is -0.0858. The van der Waals surface area contributed by atoms with Crippen molar-refractivity contribution in [2.45, 2.75) is 38.9 Å². The van der Waals surface area contributed by atoms with Gasteiger partial charge < -0.3 is 4.74 Å². The van der Waals surface area contributed by atoms with Gasteiger partial charge in [-0.05, 0) is 17.5 Å². The lowest BCUT2D eigenvalue weighted by atomic mass is 10.1. The van der Waals surface area contributed by atoms with Crippen LogP contribution in [0.25, 0.3) is 0 Å². The zero-order valence-electron chi connectivity index (χ0n) is 16.2. The van der Waals surface area contributed by atoms with E-state index in [0.717, 1.165) is 39.1 Å². The van der Waals surface area contributed by atoms with E-state index in [2.05, 4.69) is 64.4 Å². The number of rotatable bonds is 8. The van der Waals surface area contributed by atoms with Gasteiger partial charge in [0.2, 0.25) is 0 Å². The Bertz CT molecular complexity index is 690. The van der Waals surface area contributed by atoms with Gasteiger partial charge in [-0.1, -0.05) is 67.6 Å². The summed E-state index contributed by atoms with van der Waals surface area (Å²) < 4.78 is 5.58. The Morgan fingerprint density at radius 3 is 2.22 bits per heavy atom. The highest BCUT2D eigenvalue weighted by Gasteiger charge is 2.28. The van der Waals surface area contributed by atoms with Crippen LogP contribution in [0, 0.1) is 0 Å². The molecule has 0 amide bonds. The number of piperazine rings is 1. The maximum absolute atomic E-state index is 11.9. The molecule has 1 unspecified atom stereocenters. The lowest BCUT2D eigenvalue weighted by Gasteiger charge is -2.41. The summed E-state index contributed by atoms with van der Waals surface area (Å²) in [5, 5.41) is 0. The zero-order chi connectivity index (χ0) is 18.9. The van der Waals surface area contributed by atoms with Crippen LogP contribution in [0.5, 0.6) is 0 Å². The summed E-state index contributed by atoms with van der Waals surface area (Å²) in [6, 6.07) is 21.3. The molecule has 0 aromatic heterocycles. The molecular formula is C23H30N2O2. The third kappa shape index (κ3) is 6.19. The minimum Gasteiger partial charge on any atom is -0.464 e. The molecule has 27 heavy (non-hydrogen) atoms. The fourth-order valence-corrected chi connectivity index (χ4v) is 3.59. The lowest BCUT2D eigenvalue weighted by molar-refractivity contribution is -0.146. The van der Waals surface area contributed by atoms with E-state index < -0.39 is 0 Å². The van der Waals surface area contributed by atoms with Gasteiger partial charge in [-0.2, -0.15) is 0 Å². The molecule has 0 radical (unpaired) electrons. The van der Waals surface area contributed by atoms with E-state index in [1.54, 1.807) is 0 Å². The van der Waals surface area contributed by atoms with Crippen LogP contribution in [0.2, 0.25) is 0 Å². The Hall–Kier alpha value is -2.17. The quantitative estimate of drug-likeness (QED) is 0.667. The van der Waals surface area contributed by atoms with E-state index in [1.165, 1.54) is 11.1 Å². The first kappa shape index (κ1) is 19.6. The third-order valence-electron chi connectivity index (χ3n) is 5.06. The number of ether oxygens (including phenoxy) is 1. The molecule has 3 rings (SSSR count). The zero-order valence-corrected chi connectivity index (χ0v) is 16.2. The highest BCUT2D eigenvalue weighted by molar-refractivity contribution is 5.69. The number of hydrogen-bond donors (Lipinski definition) is 0. The molecule has 0 saturated carbocycles. The first-order valence-electron chi connectivity index (χ1n) is 9.94. The van der Waals surface area contributed by atoms with Crippen LogP contribution in [0.4, 0.5) is 0 Å². The second-order valence-electron chi connectivity index (χ2n) is 7.26. The van der Waals surface area contributed by atoms with Crippen molar-refractivity contribution >= 4 is 5.97 Å². The van der Waals surface area contributed by atoms with E-state index in [-0.39, 0.29) is 12.0 Å². The van der Waals surface area contributed by atoms with Crippen molar-refractivity contribution in [2.75, 3.05) is 26.2 Å². The molecule has 1 atom stereocenters. The van der Waals surface area contributed by atoms with Gasteiger partial charge in [0.15, 0.2) is 0 Å². The van der Waals surface area contributed by atoms with Crippen molar-refractivity contribution in [1.29, 1.82) is 0 Å². The van der Waals surface area contributed by atoms with Gasteiger partial charge in [-0.3, -0.25) is 14.6 Å². The number of hydrogen-bond acceptors (Lipinski definition) is 4. The van der Waals surface area contributed by atoms with Gasteiger partial charge in [-0.25, -0.2) is 0 Å². The Morgan fingerprint density at radius 2 is 1.59 bits per heavy atom. The average Bonchev–Trinajstić information content (AvgIpc) is 2.70. The third-order valence-corrected chi connectivity index (χ3v) is 5.06. The molecule has 1 fully saturated rings. The van der Waals surface area contributed by atoms with Crippen molar-refractivity contribution in [3.05, 3.63) is 71.8 Å². The highest BCUT2D eigenvalue weighted by atomic mass is 16.5. The Balaban J connectivity index is 1.62. The molecule has 1 heterocycles. The van der Waals surface area contributed by atoms with E-state index in [0.29, 0.717) is 13.0 Å². The number of benzene rings is 2. The van der Waals surface area contributed by atoms with Crippen LogP contribution in [0.3, 0.4) is 0 Å². The van der Waals surface area contributed by atoms with Gasteiger partial charge in [-0.15, -0.1) is 0 Å². The van der Waals surface area contributed by atoms with Gasteiger partial charge in [0.1, 0.15) is 6.61 Å². The number of carbonyl (C=O) groups is 1. The molecule has 2 aromatic carbocycles. The number of esters is 1. The molecule has 4 nitrogen and oxygen atoms in total. The van der Waals surface area contributed by atoms with Crippen molar-refractivity contribution in [3.63, 3.8) is 0 Å². The minimum absolute atomic E-state index is 0.0858. The van der Waals surface area contributed by atoms with Crippen molar-refractivity contribution < 1.29 is 9.53 Å². The Morgan fingerprint density at radius 1 is 0.963 bits per heavy atom. The number of nitrogens with zero attached hydrogens (tertiary/aromatic N) is 2. The molecule has 0 bridgehead atoms. The summed E-state index contributed by atoms with van der Waals surface area (Å²) in [4.78, 5) is 16.8. The van der Waals surface area contributed by atoms with Crippen molar-refractivity contribution in [3.8, 4) is 0 Å². The minimum atomic E-state index is -0.0858. The average molecular weight is 367 g/mol. The second kappa shape index (κ2) is 10.2. The van der Waals surface area contributed by atoms with E-state index >= 15 is 0 Å². The topological polar surface area (TPSA) is 32.8 Å². The molecule has 144 valence electrons. The van der Waals surface area contributed by atoms with Crippen molar-refractivity contribution in [1.82, 2.24) is 9.80 Å². The summed E-state index contributed by atoms with van der Waals surface area (Å²) >= 11 is 0. The fourth-order valence-electron chi connectivity index (χ4n) is 3.59. The molecule has 0 spiro atoms. The Labute approximate surface area is 162 Å². The van der Waals surface area contributed by atoms with Gasteiger partial charge in [0.05, 0.1) is 6.04 Å². The van der Waals surface area contributed by atoms with Gasteiger partial charge in [0.25, 0.3) is 0 Å². The van der Waals surface area contributed by atoms with E-state index in [9.17, 15) is 4.79 Å². The first-order chi connectivity index (χ1) is 13.2. The molecule has 0 N–H and O–H groups in total. The van der Waals surface area contributed by atoms with E-state index in [1.807, 2.05) is 13.0 Å². The monoisotopic (exact) mass is 366 g/mol. The molecule has 0 aliphatic carbocycles. The Kier molecular flexibility index (Phi) is 7.43. The van der Waals surface area contributed by atoms with Crippen LogP contribution >= 0.6 is 0 Å². The first-order valence-corrected chi connectivity index (χ1v) is 9.94. The predicted octanol–water partition coefficient (Wildman–Crippen LogP) is 3.72. The van der Waals surface area contributed by atoms with Crippen molar-refractivity contribution in [2.24, 2.45) is 0 Å². The molecule has 1 aliphatic heterocycles. The largest absolute Gasteiger partial charge is 0.464 e. The molecule has 1 aliphatic rings. The van der Waals surface area contributed by atoms with Gasteiger partial charge >= 0.3 is 5.97 Å². The fraction of sp³-hybridized carbons (Fsp3) is 0.435. The summed E-state index contributed by atoms with van der Waals surface area (Å²) in [6.45, 7) is 7.25. The molecule has 2 aromatic rings. The van der Waals surface area contributed by atoms with Crippen LogP contribution in [-0.2, 0) is 22.6 Å². The van der Waals surface area contributed by atoms with Crippen LogP contribution in [0.1, 0.15) is 30.9 Å². The van der Waals surface area contributed by atoms with Crippen LogP contribution < -0.4 is 0 Å². The van der Waals surface area contributed by atoms with Crippen LogP contribution in [0.15, 0.2) is 60.7 Å². The summed E-state index contributed by atoms with van der Waals surface area (Å²) in [6.07, 6.45) is 1.33. The predicted molar refractivity (Wildman–Crippen MR) is 108 cm³/mol. The maximum Gasteiger partial charge on any atom is 0.305 e. The summed E-state index contributed by atoms with van der Waals surface area (Å²) in [5.41, 5.74) is 2.63. The molecule has 1 saturated heterocycles. The van der Waals surface area contributed by atoms with E-state index in [4.69, 9.17) is 4.74 Å². The lowest BCUT2D eigenvalue weighted by Crippen LogP contribution is -2.54. The standard InChI is InChI=1S/C23H30N2O2/c1-2-9-23(26)27-19-22-18-24(16-20-10-5-3-6-11-20)14-15-25(22)17-21-12-7-4-8-13-21/h3-8,10-13,22H,2,9,14-19H2,1H3. The molecular weight excluding hydrogens is 336 g/mol. The SMILES string of the molecule is CCCC(=O)OCC1CN(Cc2ccccc2)CCN1Cc1ccccc1. The molecule has 4 heteroatoms. The normalized spacial score (nSPS) is 18.3. The van der Waals surface area contributed by atoms with Gasteiger partial charge in [0, 0.05) is 39.1 Å². The second-order valence-corrected chi connectivity index (χ2v) is 7.26. The summed E-state index contributed by atoms with van der Waals surface area (Å²) in [7, 11) is 0.